The Kier molecular flexibility index (Phi) is 8.03. The van der Waals surface area contributed by atoms with Gasteiger partial charge < -0.3 is 20.5 Å². The van der Waals surface area contributed by atoms with Crippen molar-refractivity contribution in [1.29, 1.82) is 0 Å². The molecule has 1 heterocycles. The van der Waals surface area contributed by atoms with Crippen LogP contribution in [0.5, 0.6) is 0 Å². The third kappa shape index (κ3) is 5.86. The maximum absolute atomic E-state index is 11.7. The molecule has 1 fully saturated rings. The summed E-state index contributed by atoms with van der Waals surface area (Å²) in [6.45, 7) is 4.64. The molecule has 0 bridgehead atoms. The van der Waals surface area contributed by atoms with Gasteiger partial charge in [-0.1, -0.05) is 13.8 Å². The van der Waals surface area contributed by atoms with E-state index in [-0.39, 0.29) is 47.4 Å². The molecule has 1 rings (SSSR count). The standard InChI is InChI=1S/C11H20N2O3.Na/c1-7(2)6-9(11(15)16)13-10(14)8-4-3-5-12-8;/h7-9,12H,3-6H2,1-2H3,(H,13,14)(H,15,16);/q;+1/p-1/t8-,9-;/m0./s1. The molecule has 0 aromatic carbocycles. The number of carbonyl (C=O) groups is 2. The van der Waals surface area contributed by atoms with E-state index in [1.54, 1.807) is 0 Å². The average Bonchev–Trinajstić information content (AvgIpc) is 2.68. The van der Waals surface area contributed by atoms with Crippen molar-refractivity contribution in [2.45, 2.75) is 45.2 Å². The molecule has 5 nitrogen and oxygen atoms in total. The van der Waals surface area contributed by atoms with Crippen molar-refractivity contribution in [3.63, 3.8) is 0 Å². The fourth-order valence-corrected chi connectivity index (χ4v) is 1.87. The average molecular weight is 250 g/mol. The van der Waals surface area contributed by atoms with E-state index in [1.165, 1.54) is 0 Å². The molecule has 0 radical (unpaired) electrons. The van der Waals surface area contributed by atoms with Crippen LogP contribution in [0.3, 0.4) is 0 Å². The molecule has 1 aliphatic rings. The van der Waals surface area contributed by atoms with E-state index in [9.17, 15) is 14.7 Å². The Bertz CT molecular complexity index is 265. The van der Waals surface area contributed by atoms with Crippen LogP contribution in [-0.2, 0) is 9.59 Å². The van der Waals surface area contributed by atoms with E-state index in [0.29, 0.717) is 6.42 Å². The Morgan fingerprint density at radius 3 is 2.53 bits per heavy atom. The van der Waals surface area contributed by atoms with E-state index in [2.05, 4.69) is 10.6 Å². The first-order chi connectivity index (χ1) is 7.50. The molecule has 0 spiro atoms. The van der Waals surface area contributed by atoms with Crippen LogP contribution < -0.4 is 45.3 Å². The van der Waals surface area contributed by atoms with Crippen LogP contribution in [-0.4, -0.2) is 30.5 Å². The monoisotopic (exact) mass is 250 g/mol. The second-order valence-corrected chi connectivity index (χ2v) is 4.66. The van der Waals surface area contributed by atoms with Crippen LogP contribution in [0.1, 0.15) is 33.1 Å². The Hall–Kier alpha value is -0.100. The molecule has 1 saturated heterocycles. The Balaban J connectivity index is 0.00000256. The molecule has 2 atom stereocenters. The summed E-state index contributed by atoms with van der Waals surface area (Å²) in [5.41, 5.74) is 0. The van der Waals surface area contributed by atoms with Gasteiger partial charge in [0.25, 0.3) is 0 Å². The minimum atomic E-state index is -1.21. The summed E-state index contributed by atoms with van der Waals surface area (Å²) < 4.78 is 0. The first kappa shape index (κ1) is 16.9. The Morgan fingerprint density at radius 1 is 1.47 bits per heavy atom. The van der Waals surface area contributed by atoms with Gasteiger partial charge in [-0.25, -0.2) is 0 Å². The largest absolute Gasteiger partial charge is 1.00 e. The first-order valence-corrected chi connectivity index (χ1v) is 5.75. The van der Waals surface area contributed by atoms with Gasteiger partial charge >= 0.3 is 29.6 Å². The molecule has 1 amide bonds. The van der Waals surface area contributed by atoms with Gasteiger partial charge in [0.05, 0.1) is 18.1 Å². The summed E-state index contributed by atoms with van der Waals surface area (Å²) in [6, 6.07) is -1.12. The topological polar surface area (TPSA) is 81.3 Å². The van der Waals surface area contributed by atoms with Gasteiger partial charge in [-0.3, -0.25) is 4.79 Å². The van der Waals surface area contributed by atoms with Gasteiger partial charge in [-0.2, -0.15) is 0 Å². The van der Waals surface area contributed by atoms with Crippen LogP contribution in [0.15, 0.2) is 0 Å². The summed E-state index contributed by atoms with van der Waals surface area (Å²) >= 11 is 0. The first-order valence-electron chi connectivity index (χ1n) is 5.75. The Labute approximate surface area is 124 Å². The van der Waals surface area contributed by atoms with E-state index in [1.807, 2.05) is 13.8 Å². The second-order valence-electron chi connectivity index (χ2n) is 4.66. The Morgan fingerprint density at radius 2 is 2.12 bits per heavy atom. The molecule has 0 aromatic heterocycles. The van der Waals surface area contributed by atoms with Gasteiger partial charge in [-0.05, 0) is 31.7 Å². The van der Waals surface area contributed by atoms with E-state index in [4.69, 9.17) is 0 Å². The SMILES string of the molecule is CC(C)C[C@H](NC(=O)[C@@H]1CCCN1)C(=O)[O-].[Na+]. The number of rotatable bonds is 5. The number of hydrogen-bond acceptors (Lipinski definition) is 4. The maximum Gasteiger partial charge on any atom is 1.00 e. The molecular weight excluding hydrogens is 231 g/mol. The van der Waals surface area contributed by atoms with Crippen molar-refractivity contribution in [3.8, 4) is 0 Å². The van der Waals surface area contributed by atoms with Crippen molar-refractivity contribution in [3.05, 3.63) is 0 Å². The van der Waals surface area contributed by atoms with E-state index in [0.717, 1.165) is 19.4 Å². The predicted octanol–water partition coefficient (Wildman–Crippen LogP) is -3.98. The van der Waals surface area contributed by atoms with Crippen molar-refractivity contribution < 1.29 is 44.3 Å². The second kappa shape index (κ2) is 8.08. The van der Waals surface area contributed by atoms with Gasteiger partial charge in [-0.15, -0.1) is 0 Å². The summed E-state index contributed by atoms with van der Waals surface area (Å²) in [4.78, 5) is 22.5. The van der Waals surface area contributed by atoms with E-state index >= 15 is 0 Å². The molecule has 2 N–H and O–H groups in total. The number of aliphatic carboxylic acids is 1. The summed E-state index contributed by atoms with van der Waals surface area (Å²) in [7, 11) is 0. The van der Waals surface area contributed by atoms with Gasteiger partial charge in [0, 0.05) is 0 Å². The predicted molar refractivity (Wildman–Crippen MR) is 57.4 cm³/mol. The molecule has 17 heavy (non-hydrogen) atoms. The molecule has 6 heteroatoms. The molecule has 0 unspecified atom stereocenters. The van der Waals surface area contributed by atoms with E-state index < -0.39 is 12.0 Å². The fraction of sp³-hybridized carbons (Fsp3) is 0.818. The molecule has 0 saturated carbocycles. The van der Waals surface area contributed by atoms with Crippen LogP contribution in [0, 0.1) is 5.92 Å². The summed E-state index contributed by atoms with van der Waals surface area (Å²) in [5.74, 6) is -1.23. The molecule has 0 aliphatic carbocycles. The number of carboxylic acid groups (broad SMARTS) is 1. The third-order valence-electron chi connectivity index (χ3n) is 2.68. The van der Waals surface area contributed by atoms with Crippen molar-refractivity contribution in [2.75, 3.05) is 6.54 Å². The smallest absolute Gasteiger partial charge is 0.548 e. The minimum absolute atomic E-state index is 0. The fourth-order valence-electron chi connectivity index (χ4n) is 1.87. The maximum atomic E-state index is 11.7. The van der Waals surface area contributed by atoms with Crippen LogP contribution in [0.25, 0.3) is 0 Å². The number of nitrogens with one attached hydrogen (secondary N) is 2. The normalized spacial score (nSPS) is 20.8. The van der Waals surface area contributed by atoms with Crippen molar-refractivity contribution in [2.24, 2.45) is 5.92 Å². The molecule has 92 valence electrons. The molecular formula is C11H19N2NaO3. The van der Waals surface area contributed by atoms with Gasteiger partial charge in [0.1, 0.15) is 0 Å². The number of carbonyl (C=O) groups excluding carboxylic acids is 2. The molecule has 0 aromatic rings. The van der Waals surface area contributed by atoms with Gasteiger partial charge in [0.15, 0.2) is 0 Å². The van der Waals surface area contributed by atoms with Crippen LogP contribution >= 0.6 is 0 Å². The summed E-state index contributed by atoms with van der Waals surface area (Å²) in [6.07, 6.45) is 2.13. The zero-order valence-corrected chi connectivity index (χ0v) is 12.8. The minimum Gasteiger partial charge on any atom is -0.548 e. The van der Waals surface area contributed by atoms with Crippen LogP contribution in [0.2, 0.25) is 0 Å². The van der Waals surface area contributed by atoms with Crippen molar-refractivity contribution >= 4 is 11.9 Å². The number of carboxylic acids is 1. The summed E-state index contributed by atoms with van der Waals surface area (Å²) in [5, 5.41) is 16.4. The zero-order chi connectivity index (χ0) is 12.1. The quantitative estimate of drug-likeness (QED) is 0.488. The van der Waals surface area contributed by atoms with Gasteiger partial charge in [0.2, 0.25) is 5.91 Å². The zero-order valence-electron chi connectivity index (χ0n) is 10.8. The number of amides is 1. The van der Waals surface area contributed by atoms with Crippen LogP contribution in [0.4, 0.5) is 0 Å². The number of hydrogen-bond donors (Lipinski definition) is 2. The van der Waals surface area contributed by atoms with Crippen molar-refractivity contribution in [1.82, 2.24) is 10.6 Å². The third-order valence-corrected chi connectivity index (χ3v) is 2.68. The molecule has 1 aliphatic heterocycles.